The zero-order valence-electron chi connectivity index (χ0n) is 9.87. The van der Waals surface area contributed by atoms with E-state index in [0.29, 0.717) is 24.9 Å². The molecule has 1 aliphatic rings. The monoisotopic (exact) mass is 213 g/mol. The first-order valence-corrected chi connectivity index (χ1v) is 6.01. The van der Waals surface area contributed by atoms with Gasteiger partial charge < -0.3 is 10.5 Å². The maximum Gasteiger partial charge on any atom is 0.322 e. The van der Waals surface area contributed by atoms with Crippen molar-refractivity contribution in [2.45, 2.75) is 52.0 Å². The summed E-state index contributed by atoms with van der Waals surface area (Å²) in [5.74, 6) is 0.801. The summed E-state index contributed by atoms with van der Waals surface area (Å²) in [5, 5.41) is 0. The van der Waals surface area contributed by atoms with E-state index in [0.717, 1.165) is 0 Å². The van der Waals surface area contributed by atoms with Crippen molar-refractivity contribution in [3.63, 3.8) is 0 Å². The van der Waals surface area contributed by atoms with E-state index in [1.165, 1.54) is 25.7 Å². The Morgan fingerprint density at radius 1 is 1.40 bits per heavy atom. The van der Waals surface area contributed by atoms with E-state index in [-0.39, 0.29) is 5.97 Å². The van der Waals surface area contributed by atoms with Gasteiger partial charge in [-0.25, -0.2) is 0 Å². The Morgan fingerprint density at radius 2 is 2.00 bits per heavy atom. The molecule has 1 atom stereocenters. The predicted octanol–water partition coefficient (Wildman–Crippen LogP) is 2.09. The van der Waals surface area contributed by atoms with Crippen LogP contribution >= 0.6 is 0 Å². The van der Waals surface area contributed by atoms with E-state index in [1.54, 1.807) is 0 Å². The largest absolute Gasteiger partial charge is 0.464 e. The normalized spacial score (nSPS) is 19.5. The molecule has 0 saturated heterocycles. The Bertz CT molecular complexity index is 198. The number of rotatable bonds is 5. The Morgan fingerprint density at radius 3 is 2.53 bits per heavy atom. The number of carbonyl (C=O) groups excluding carboxylic acids is 1. The molecule has 1 saturated carbocycles. The van der Waals surface area contributed by atoms with Crippen LogP contribution in [0, 0.1) is 11.8 Å². The molecular formula is C12H23NO2. The second kappa shape index (κ2) is 6.11. The van der Waals surface area contributed by atoms with E-state index in [4.69, 9.17) is 10.5 Å². The molecule has 0 radical (unpaired) electrons. The van der Waals surface area contributed by atoms with E-state index >= 15 is 0 Å². The van der Waals surface area contributed by atoms with Crippen molar-refractivity contribution >= 4 is 5.97 Å². The van der Waals surface area contributed by atoms with Crippen LogP contribution in [0.4, 0.5) is 0 Å². The average molecular weight is 213 g/mol. The molecule has 1 fully saturated rings. The lowest BCUT2D eigenvalue weighted by Gasteiger charge is -2.15. The number of ether oxygens (including phenoxy) is 1. The highest BCUT2D eigenvalue weighted by molar-refractivity contribution is 5.75. The fourth-order valence-electron chi connectivity index (χ4n) is 2.09. The molecule has 0 aromatic heterocycles. The molecule has 88 valence electrons. The quantitative estimate of drug-likeness (QED) is 0.711. The molecule has 0 aromatic rings. The Hall–Kier alpha value is -0.570. The minimum absolute atomic E-state index is 0.226. The van der Waals surface area contributed by atoms with Gasteiger partial charge in [-0.2, -0.15) is 0 Å². The SMILES string of the molecule is CC(C)C[C@@H](N)C(=O)OCC1CCCC1. The Balaban J connectivity index is 2.16. The summed E-state index contributed by atoms with van der Waals surface area (Å²) >= 11 is 0. The molecule has 1 aliphatic carbocycles. The van der Waals surface area contributed by atoms with Crippen LogP contribution in [0.15, 0.2) is 0 Å². The van der Waals surface area contributed by atoms with Crippen LogP contribution in [0.3, 0.4) is 0 Å². The molecule has 2 N–H and O–H groups in total. The van der Waals surface area contributed by atoms with E-state index in [1.807, 2.05) is 0 Å². The summed E-state index contributed by atoms with van der Waals surface area (Å²) in [6.45, 7) is 4.69. The third kappa shape index (κ3) is 4.65. The molecule has 15 heavy (non-hydrogen) atoms. The number of carbonyl (C=O) groups is 1. The van der Waals surface area contributed by atoms with Gasteiger partial charge in [0.05, 0.1) is 6.61 Å². The summed E-state index contributed by atoms with van der Waals surface area (Å²) in [7, 11) is 0. The van der Waals surface area contributed by atoms with Crippen LogP contribution in [-0.4, -0.2) is 18.6 Å². The maximum absolute atomic E-state index is 11.5. The van der Waals surface area contributed by atoms with Gasteiger partial charge in [0.2, 0.25) is 0 Å². The summed E-state index contributed by atoms with van der Waals surface area (Å²) in [6.07, 6.45) is 5.67. The lowest BCUT2D eigenvalue weighted by molar-refractivity contribution is -0.146. The first-order chi connectivity index (χ1) is 7.09. The first kappa shape index (κ1) is 12.5. The van der Waals surface area contributed by atoms with Crippen LogP contribution in [0.2, 0.25) is 0 Å². The highest BCUT2D eigenvalue weighted by atomic mass is 16.5. The number of esters is 1. The molecule has 0 unspecified atom stereocenters. The van der Waals surface area contributed by atoms with Gasteiger partial charge in [-0.3, -0.25) is 4.79 Å². The second-order valence-electron chi connectivity index (χ2n) is 5.02. The van der Waals surface area contributed by atoms with Gasteiger partial charge in [0.1, 0.15) is 6.04 Å². The van der Waals surface area contributed by atoms with Gasteiger partial charge in [0.15, 0.2) is 0 Å². The van der Waals surface area contributed by atoms with Gasteiger partial charge in [-0.15, -0.1) is 0 Å². The van der Waals surface area contributed by atoms with E-state index in [9.17, 15) is 4.79 Å². The van der Waals surface area contributed by atoms with Gasteiger partial charge in [-0.05, 0) is 31.1 Å². The van der Waals surface area contributed by atoms with Crippen LogP contribution in [0.5, 0.6) is 0 Å². The molecule has 3 heteroatoms. The van der Waals surface area contributed by atoms with Crippen molar-refractivity contribution in [1.82, 2.24) is 0 Å². The smallest absolute Gasteiger partial charge is 0.322 e. The predicted molar refractivity (Wildman–Crippen MR) is 60.3 cm³/mol. The molecule has 0 amide bonds. The third-order valence-corrected chi connectivity index (χ3v) is 2.96. The average Bonchev–Trinajstić information content (AvgIpc) is 2.65. The molecule has 0 aromatic carbocycles. The fraction of sp³-hybridized carbons (Fsp3) is 0.917. The van der Waals surface area contributed by atoms with E-state index in [2.05, 4.69) is 13.8 Å². The number of hydrogen-bond donors (Lipinski definition) is 1. The van der Waals surface area contributed by atoms with E-state index < -0.39 is 6.04 Å². The third-order valence-electron chi connectivity index (χ3n) is 2.96. The topological polar surface area (TPSA) is 52.3 Å². The summed E-state index contributed by atoms with van der Waals surface area (Å²) in [5.41, 5.74) is 5.73. The van der Waals surface area contributed by atoms with Crippen LogP contribution in [-0.2, 0) is 9.53 Å². The van der Waals surface area contributed by atoms with Crippen molar-refractivity contribution in [2.75, 3.05) is 6.61 Å². The molecule has 0 bridgehead atoms. The summed E-state index contributed by atoms with van der Waals surface area (Å²) < 4.78 is 5.22. The van der Waals surface area contributed by atoms with Gasteiger partial charge in [0.25, 0.3) is 0 Å². The number of hydrogen-bond acceptors (Lipinski definition) is 3. The van der Waals surface area contributed by atoms with Gasteiger partial charge in [-0.1, -0.05) is 26.7 Å². The highest BCUT2D eigenvalue weighted by Gasteiger charge is 2.20. The Kier molecular flexibility index (Phi) is 5.09. The van der Waals surface area contributed by atoms with Gasteiger partial charge in [0, 0.05) is 0 Å². The van der Waals surface area contributed by atoms with Crippen LogP contribution in [0.25, 0.3) is 0 Å². The zero-order chi connectivity index (χ0) is 11.3. The first-order valence-electron chi connectivity index (χ1n) is 6.01. The molecule has 0 spiro atoms. The molecule has 1 rings (SSSR count). The van der Waals surface area contributed by atoms with Crippen LogP contribution < -0.4 is 5.73 Å². The minimum atomic E-state index is -0.439. The second-order valence-corrected chi connectivity index (χ2v) is 5.02. The molecule has 0 aliphatic heterocycles. The molecule has 3 nitrogen and oxygen atoms in total. The van der Waals surface area contributed by atoms with Crippen LogP contribution in [0.1, 0.15) is 46.0 Å². The molecule has 0 heterocycles. The summed E-state index contributed by atoms with van der Waals surface area (Å²) in [4.78, 5) is 11.5. The lowest BCUT2D eigenvalue weighted by atomic mass is 10.0. The van der Waals surface area contributed by atoms with Crippen molar-refractivity contribution in [3.8, 4) is 0 Å². The standard InChI is InChI=1S/C12H23NO2/c1-9(2)7-11(13)12(14)15-8-10-5-3-4-6-10/h9-11H,3-8,13H2,1-2H3/t11-/m1/s1. The number of nitrogens with two attached hydrogens (primary N) is 1. The Labute approximate surface area is 92.4 Å². The lowest BCUT2D eigenvalue weighted by Crippen LogP contribution is -2.34. The molecular weight excluding hydrogens is 190 g/mol. The maximum atomic E-state index is 11.5. The zero-order valence-corrected chi connectivity index (χ0v) is 9.87. The van der Waals surface area contributed by atoms with Crippen molar-refractivity contribution in [2.24, 2.45) is 17.6 Å². The minimum Gasteiger partial charge on any atom is -0.464 e. The van der Waals surface area contributed by atoms with Crippen molar-refractivity contribution in [1.29, 1.82) is 0 Å². The van der Waals surface area contributed by atoms with Crippen molar-refractivity contribution < 1.29 is 9.53 Å². The van der Waals surface area contributed by atoms with Crippen molar-refractivity contribution in [3.05, 3.63) is 0 Å². The summed E-state index contributed by atoms with van der Waals surface area (Å²) in [6, 6.07) is -0.439. The van der Waals surface area contributed by atoms with Gasteiger partial charge >= 0.3 is 5.97 Å². The highest BCUT2D eigenvalue weighted by Crippen LogP contribution is 2.24. The fourth-order valence-corrected chi connectivity index (χ4v) is 2.09.